The molecule has 0 radical (unpaired) electrons. The first-order chi connectivity index (χ1) is 20.1. The van der Waals surface area contributed by atoms with E-state index in [9.17, 15) is 4.79 Å². The van der Waals surface area contributed by atoms with Crippen LogP contribution in [0, 0.1) is 5.92 Å². The fraction of sp³-hybridized carbons (Fsp3) is 0.286. The van der Waals surface area contributed by atoms with Gasteiger partial charge in [0.25, 0.3) is 0 Å². The third-order valence-corrected chi connectivity index (χ3v) is 8.34. The van der Waals surface area contributed by atoms with Gasteiger partial charge in [-0.2, -0.15) is 5.10 Å². The van der Waals surface area contributed by atoms with Crippen LogP contribution in [-0.4, -0.2) is 27.8 Å². The Morgan fingerprint density at radius 1 is 0.902 bits per heavy atom. The van der Waals surface area contributed by atoms with Crippen LogP contribution in [0.3, 0.4) is 0 Å². The number of aromatic nitrogens is 3. The summed E-state index contributed by atoms with van der Waals surface area (Å²) in [6.45, 7) is 0. The first-order valence-electron chi connectivity index (χ1n) is 14.4. The van der Waals surface area contributed by atoms with Crippen molar-refractivity contribution in [3.63, 3.8) is 0 Å². The van der Waals surface area contributed by atoms with Gasteiger partial charge in [-0.05, 0) is 72.4 Å². The molecule has 1 aliphatic rings. The van der Waals surface area contributed by atoms with Crippen molar-refractivity contribution < 1.29 is 14.3 Å². The number of carbonyl (C=O) groups is 1. The highest BCUT2D eigenvalue weighted by molar-refractivity contribution is 5.94. The standard InChI is InChI=1S/C35H35N3O3/c1-38-31-23-28(25-17-15-24(16-18-25)22-32(39)40-2)19-20-29(31)33(37-38)30-14-9-21-36-35(30)41-34(26-10-5-3-6-11-26)27-12-7-4-8-13-27/h3-14,19-21,23-25,34H,15-18,22H2,1-2H3. The maximum atomic E-state index is 11.7. The molecule has 2 aromatic heterocycles. The predicted octanol–water partition coefficient (Wildman–Crippen LogP) is 7.64. The highest BCUT2D eigenvalue weighted by atomic mass is 16.5. The lowest BCUT2D eigenvalue weighted by molar-refractivity contribution is -0.142. The molecular formula is C35H35N3O3. The van der Waals surface area contributed by atoms with Crippen LogP contribution in [0.15, 0.2) is 97.2 Å². The van der Waals surface area contributed by atoms with Crippen molar-refractivity contribution in [2.24, 2.45) is 13.0 Å². The Hall–Kier alpha value is -4.45. The fourth-order valence-electron chi connectivity index (χ4n) is 6.11. The van der Waals surface area contributed by atoms with E-state index in [0.29, 0.717) is 24.1 Å². The average Bonchev–Trinajstić information content (AvgIpc) is 3.36. The minimum Gasteiger partial charge on any atom is -0.469 e. The number of carbonyl (C=O) groups excluding carboxylic acids is 1. The van der Waals surface area contributed by atoms with Gasteiger partial charge in [0.1, 0.15) is 5.69 Å². The normalized spacial score (nSPS) is 17.0. The molecule has 0 aliphatic heterocycles. The van der Waals surface area contributed by atoms with Crippen LogP contribution in [0.2, 0.25) is 0 Å². The molecule has 0 atom stereocenters. The fourth-order valence-corrected chi connectivity index (χ4v) is 6.11. The number of ether oxygens (including phenoxy) is 2. The Morgan fingerprint density at radius 3 is 2.24 bits per heavy atom. The second-order valence-corrected chi connectivity index (χ2v) is 10.9. The van der Waals surface area contributed by atoms with E-state index in [1.165, 1.54) is 12.7 Å². The molecule has 3 aromatic carbocycles. The minimum atomic E-state index is -0.304. The molecule has 0 saturated heterocycles. The third kappa shape index (κ3) is 5.73. The number of benzene rings is 3. The highest BCUT2D eigenvalue weighted by Gasteiger charge is 2.26. The second-order valence-electron chi connectivity index (χ2n) is 10.9. The van der Waals surface area contributed by atoms with E-state index in [-0.39, 0.29) is 12.1 Å². The summed E-state index contributed by atoms with van der Waals surface area (Å²) in [5.74, 6) is 1.36. The van der Waals surface area contributed by atoms with Gasteiger partial charge in [-0.15, -0.1) is 0 Å². The highest BCUT2D eigenvalue weighted by Crippen LogP contribution is 2.40. The quantitative estimate of drug-likeness (QED) is 0.188. The van der Waals surface area contributed by atoms with Gasteiger partial charge >= 0.3 is 5.97 Å². The summed E-state index contributed by atoms with van der Waals surface area (Å²) in [4.78, 5) is 16.4. The zero-order valence-electron chi connectivity index (χ0n) is 23.6. The lowest BCUT2D eigenvalue weighted by Crippen LogP contribution is -2.17. The minimum absolute atomic E-state index is 0.102. The number of fused-ring (bicyclic) bond motifs is 1. The average molecular weight is 546 g/mol. The Balaban J connectivity index is 1.30. The van der Waals surface area contributed by atoms with E-state index in [2.05, 4.69) is 47.4 Å². The van der Waals surface area contributed by atoms with E-state index in [0.717, 1.165) is 59.0 Å². The topological polar surface area (TPSA) is 66.2 Å². The van der Waals surface area contributed by atoms with E-state index >= 15 is 0 Å². The number of pyridine rings is 1. The Morgan fingerprint density at radius 2 is 1.59 bits per heavy atom. The van der Waals surface area contributed by atoms with Crippen LogP contribution in [0.1, 0.15) is 60.8 Å². The predicted molar refractivity (Wildman–Crippen MR) is 161 cm³/mol. The van der Waals surface area contributed by atoms with Crippen LogP contribution in [0.4, 0.5) is 0 Å². The van der Waals surface area contributed by atoms with Gasteiger partial charge in [-0.1, -0.05) is 72.8 Å². The summed E-state index contributed by atoms with van der Waals surface area (Å²) >= 11 is 0. The Kier molecular flexibility index (Phi) is 7.81. The summed E-state index contributed by atoms with van der Waals surface area (Å²) in [6, 6.07) is 31.2. The molecule has 2 heterocycles. The number of methoxy groups -OCH3 is 1. The number of hydrogen-bond donors (Lipinski definition) is 0. The summed E-state index contributed by atoms with van der Waals surface area (Å²) in [7, 11) is 3.47. The molecule has 5 aromatic rings. The summed E-state index contributed by atoms with van der Waals surface area (Å²) in [6.07, 6.45) is 6.26. The van der Waals surface area contributed by atoms with Gasteiger partial charge in [-0.25, -0.2) is 4.98 Å². The number of aryl methyl sites for hydroxylation is 1. The molecule has 0 spiro atoms. The maximum Gasteiger partial charge on any atom is 0.305 e. The molecule has 0 bridgehead atoms. The van der Waals surface area contributed by atoms with E-state index in [4.69, 9.17) is 14.6 Å². The summed E-state index contributed by atoms with van der Waals surface area (Å²) in [5.41, 5.74) is 6.27. The molecule has 0 unspecified atom stereocenters. The summed E-state index contributed by atoms with van der Waals surface area (Å²) in [5, 5.41) is 6.03. The van der Waals surface area contributed by atoms with Crippen molar-refractivity contribution in [3.8, 4) is 17.1 Å². The van der Waals surface area contributed by atoms with Gasteiger partial charge < -0.3 is 9.47 Å². The van der Waals surface area contributed by atoms with Gasteiger partial charge in [0, 0.05) is 25.1 Å². The number of rotatable bonds is 8. The Labute approximate surface area is 241 Å². The first kappa shape index (κ1) is 26.8. The molecule has 208 valence electrons. The van der Waals surface area contributed by atoms with Crippen LogP contribution in [0.25, 0.3) is 22.2 Å². The van der Waals surface area contributed by atoms with Gasteiger partial charge in [0.2, 0.25) is 5.88 Å². The monoisotopic (exact) mass is 545 g/mol. The van der Waals surface area contributed by atoms with Crippen LogP contribution >= 0.6 is 0 Å². The second kappa shape index (κ2) is 12.0. The SMILES string of the molecule is COC(=O)CC1CCC(c2ccc3c(-c4cccnc4OC(c4ccccc4)c4ccccc4)nn(C)c3c2)CC1. The molecule has 6 rings (SSSR count). The number of hydrogen-bond acceptors (Lipinski definition) is 5. The number of nitrogens with zero attached hydrogens (tertiary/aromatic N) is 3. The smallest absolute Gasteiger partial charge is 0.305 e. The molecule has 41 heavy (non-hydrogen) atoms. The van der Waals surface area contributed by atoms with Crippen molar-refractivity contribution in [1.29, 1.82) is 0 Å². The zero-order chi connectivity index (χ0) is 28.2. The van der Waals surface area contributed by atoms with E-state index < -0.39 is 0 Å². The van der Waals surface area contributed by atoms with E-state index in [1.807, 2.05) is 60.3 Å². The van der Waals surface area contributed by atoms with Crippen molar-refractivity contribution in [3.05, 3.63) is 114 Å². The molecule has 6 heteroatoms. The molecule has 1 saturated carbocycles. The molecule has 0 amide bonds. The van der Waals surface area contributed by atoms with Crippen LogP contribution in [-0.2, 0) is 16.6 Å². The molecule has 1 fully saturated rings. The number of esters is 1. The summed E-state index contributed by atoms with van der Waals surface area (Å²) < 4.78 is 13.5. The lowest BCUT2D eigenvalue weighted by Gasteiger charge is -2.28. The van der Waals surface area contributed by atoms with Gasteiger partial charge in [0.05, 0.1) is 18.2 Å². The Bertz CT molecular complexity index is 1580. The maximum absolute atomic E-state index is 11.7. The van der Waals surface area contributed by atoms with E-state index in [1.54, 1.807) is 6.20 Å². The van der Waals surface area contributed by atoms with Crippen molar-refractivity contribution in [1.82, 2.24) is 14.8 Å². The molecule has 0 N–H and O–H groups in total. The van der Waals surface area contributed by atoms with Crippen molar-refractivity contribution in [2.45, 2.75) is 44.1 Å². The van der Waals surface area contributed by atoms with Crippen molar-refractivity contribution in [2.75, 3.05) is 7.11 Å². The molecule has 1 aliphatic carbocycles. The first-order valence-corrected chi connectivity index (χ1v) is 14.4. The zero-order valence-corrected chi connectivity index (χ0v) is 23.6. The van der Waals surface area contributed by atoms with Crippen LogP contribution in [0.5, 0.6) is 5.88 Å². The third-order valence-electron chi connectivity index (χ3n) is 8.34. The lowest BCUT2D eigenvalue weighted by atomic mass is 9.77. The van der Waals surface area contributed by atoms with Gasteiger partial charge in [-0.3, -0.25) is 9.48 Å². The molecule has 6 nitrogen and oxygen atoms in total. The largest absolute Gasteiger partial charge is 0.469 e. The van der Waals surface area contributed by atoms with Crippen LogP contribution < -0.4 is 4.74 Å². The van der Waals surface area contributed by atoms with Crippen molar-refractivity contribution >= 4 is 16.9 Å². The molecular weight excluding hydrogens is 510 g/mol. The van der Waals surface area contributed by atoms with Gasteiger partial charge in [0.15, 0.2) is 6.10 Å².